The molecule has 5 heteroatoms. The quantitative estimate of drug-likeness (QED) is 0.735. The van der Waals surface area contributed by atoms with E-state index in [-0.39, 0.29) is 11.3 Å². The van der Waals surface area contributed by atoms with E-state index >= 15 is 0 Å². The molecular formula is C23H30N2O2S. The fraction of sp³-hybridized carbons (Fsp3) is 0.522. The first-order valence-corrected chi connectivity index (χ1v) is 11.1. The SMILES string of the molecule is COCc1ccc(C(=O)N2CCC3(CCCN(CCc4ccccc4)C3)C2)s1. The van der Waals surface area contributed by atoms with Crippen molar-refractivity contribution in [2.24, 2.45) is 5.41 Å². The first-order valence-electron chi connectivity index (χ1n) is 10.3. The van der Waals surface area contributed by atoms with Gasteiger partial charge in [-0.05, 0) is 49.9 Å². The number of methoxy groups -OCH3 is 1. The Labute approximate surface area is 172 Å². The Morgan fingerprint density at radius 2 is 1.96 bits per heavy atom. The minimum absolute atomic E-state index is 0.200. The first-order chi connectivity index (χ1) is 13.7. The van der Waals surface area contributed by atoms with Gasteiger partial charge in [-0.25, -0.2) is 0 Å². The average molecular weight is 399 g/mol. The van der Waals surface area contributed by atoms with Crippen LogP contribution >= 0.6 is 11.3 Å². The number of carbonyl (C=O) groups is 1. The summed E-state index contributed by atoms with van der Waals surface area (Å²) in [5.74, 6) is 0.200. The lowest BCUT2D eigenvalue weighted by Gasteiger charge is -2.40. The molecule has 4 nitrogen and oxygen atoms in total. The average Bonchev–Trinajstić information content (AvgIpc) is 3.35. The second kappa shape index (κ2) is 8.76. The van der Waals surface area contributed by atoms with Crippen LogP contribution in [0.25, 0.3) is 0 Å². The van der Waals surface area contributed by atoms with Crippen LogP contribution in [0.1, 0.15) is 39.4 Å². The maximum absolute atomic E-state index is 13.0. The molecule has 0 radical (unpaired) electrons. The highest BCUT2D eigenvalue weighted by atomic mass is 32.1. The number of nitrogens with zero attached hydrogens (tertiary/aromatic N) is 2. The number of hydrogen-bond donors (Lipinski definition) is 0. The van der Waals surface area contributed by atoms with Gasteiger partial charge in [-0.3, -0.25) is 4.79 Å². The van der Waals surface area contributed by atoms with Gasteiger partial charge in [-0.15, -0.1) is 11.3 Å². The van der Waals surface area contributed by atoms with Gasteiger partial charge in [-0.2, -0.15) is 0 Å². The van der Waals surface area contributed by atoms with E-state index < -0.39 is 0 Å². The molecule has 1 aromatic carbocycles. The zero-order valence-electron chi connectivity index (χ0n) is 16.7. The number of likely N-dealkylation sites (tertiary alicyclic amines) is 2. The molecule has 0 N–H and O–H groups in total. The molecule has 1 aromatic heterocycles. The Morgan fingerprint density at radius 3 is 2.79 bits per heavy atom. The molecule has 1 atom stereocenters. The molecule has 2 aliphatic heterocycles. The van der Waals surface area contributed by atoms with E-state index in [9.17, 15) is 4.79 Å². The number of ether oxygens (including phenoxy) is 1. The lowest BCUT2D eigenvalue weighted by Crippen LogP contribution is -2.45. The van der Waals surface area contributed by atoms with E-state index in [1.165, 1.54) is 24.9 Å². The topological polar surface area (TPSA) is 32.8 Å². The van der Waals surface area contributed by atoms with E-state index in [0.717, 1.165) is 48.8 Å². The van der Waals surface area contributed by atoms with Crippen molar-refractivity contribution < 1.29 is 9.53 Å². The van der Waals surface area contributed by atoms with Crippen molar-refractivity contribution >= 4 is 17.2 Å². The molecule has 1 spiro atoms. The van der Waals surface area contributed by atoms with E-state index in [1.807, 2.05) is 12.1 Å². The van der Waals surface area contributed by atoms with Crippen molar-refractivity contribution in [1.29, 1.82) is 0 Å². The number of piperidine rings is 1. The summed E-state index contributed by atoms with van der Waals surface area (Å²) in [6.07, 6.45) is 4.74. The number of benzene rings is 1. The van der Waals surface area contributed by atoms with Gasteiger partial charge in [0.05, 0.1) is 11.5 Å². The molecule has 28 heavy (non-hydrogen) atoms. The molecule has 3 heterocycles. The Kier molecular flexibility index (Phi) is 6.14. The third kappa shape index (κ3) is 4.48. The Hall–Kier alpha value is -1.69. The first kappa shape index (κ1) is 19.6. The van der Waals surface area contributed by atoms with Gasteiger partial charge in [-0.1, -0.05) is 30.3 Å². The summed E-state index contributed by atoms with van der Waals surface area (Å²) in [7, 11) is 1.69. The van der Waals surface area contributed by atoms with Crippen molar-refractivity contribution in [3.63, 3.8) is 0 Å². The van der Waals surface area contributed by atoms with E-state index in [2.05, 4.69) is 40.1 Å². The zero-order chi connectivity index (χ0) is 19.4. The van der Waals surface area contributed by atoms with Crippen LogP contribution in [-0.4, -0.2) is 55.5 Å². The summed E-state index contributed by atoms with van der Waals surface area (Å²) in [6, 6.07) is 14.7. The van der Waals surface area contributed by atoms with E-state index in [4.69, 9.17) is 4.74 Å². The number of carbonyl (C=O) groups excluding carboxylic acids is 1. The normalized spacial score (nSPS) is 22.8. The van der Waals surface area contributed by atoms with Crippen molar-refractivity contribution in [2.75, 3.05) is 39.8 Å². The Bertz CT molecular complexity index is 791. The molecule has 0 bridgehead atoms. The molecule has 4 rings (SSSR count). The maximum Gasteiger partial charge on any atom is 0.263 e. The molecular weight excluding hydrogens is 368 g/mol. The van der Waals surface area contributed by atoms with Crippen LogP contribution in [0.5, 0.6) is 0 Å². The highest BCUT2D eigenvalue weighted by molar-refractivity contribution is 7.14. The fourth-order valence-corrected chi connectivity index (χ4v) is 5.69. The molecule has 0 saturated carbocycles. The summed E-state index contributed by atoms with van der Waals surface area (Å²) in [5.41, 5.74) is 1.70. The lowest BCUT2D eigenvalue weighted by molar-refractivity contribution is 0.0696. The van der Waals surface area contributed by atoms with Crippen LogP contribution in [0.15, 0.2) is 42.5 Å². The molecule has 2 aliphatic rings. The monoisotopic (exact) mass is 398 g/mol. The standard InChI is InChI=1S/C23H30N2O2S/c1-27-16-20-8-9-21(28-20)22(26)25-15-12-23(18-25)11-5-13-24(17-23)14-10-19-6-3-2-4-7-19/h2-4,6-9H,5,10-18H2,1H3. The minimum atomic E-state index is 0.200. The Balaban J connectivity index is 1.34. The highest BCUT2D eigenvalue weighted by Gasteiger charge is 2.42. The van der Waals surface area contributed by atoms with E-state index in [1.54, 1.807) is 18.4 Å². The minimum Gasteiger partial charge on any atom is -0.379 e. The third-order valence-electron chi connectivity index (χ3n) is 6.18. The van der Waals surface area contributed by atoms with Gasteiger partial charge in [0.2, 0.25) is 0 Å². The van der Waals surface area contributed by atoms with Crippen LogP contribution in [0.2, 0.25) is 0 Å². The molecule has 2 fully saturated rings. The van der Waals surface area contributed by atoms with Gasteiger partial charge in [0, 0.05) is 43.6 Å². The van der Waals surface area contributed by atoms with Crippen LogP contribution < -0.4 is 0 Å². The molecule has 2 saturated heterocycles. The van der Waals surface area contributed by atoms with Crippen molar-refractivity contribution in [2.45, 2.75) is 32.3 Å². The van der Waals surface area contributed by atoms with Gasteiger partial charge in [0.25, 0.3) is 5.91 Å². The van der Waals surface area contributed by atoms with Crippen LogP contribution in [0.4, 0.5) is 0 Å². The smallest absolute Gasteiger partial charge is 0.263 e. The van der Waals surface area contributed by atoms with Crippen molar-refractivity contribution in [3.05, 3.63) is 57.8 Å². The summed E-state index contributed by atoms with van der Waals surface area (Å²) >= 11 is 1.57. The zero-order valence-corrected chi connectivity index (χ0v) is 17.5. The molecule has 1 amide bonds. The lowest BCUT2D eigenvalue weighted by atomic mass is 9.79. The summed E-state index contributed by atoms with van der Waals surface area (Å²) in [5, 5.41) is 0. The largest absolute Gasteiger partial charge is 0.379 e. The number of thiophene rings is 1. The second-order valence-electron chi connectivity index (χ2n) is 8.29. The van der Waals surface area contributed by atoms with Crippen LogP contribution in [0.3, 0.4) is 0 Å². The molecule has 0 aliphatic carbocycles. The van der Waals surface area contributed by atoms with Crippen molar-refractivity contribution in [3.8, 4) is 0 Å². The van der Waals surface area contributed by atoms with Crippen LogP contribution in [0, 0.1) is 5.41 Å². The van der Waals surface area contributed by atoms with Gasteiger partial charge >= 0.3 is 0 Å². The van der Waals surface area contributed by atoms with Crippen molar-refractivity contribution in [1.82, 2.24) is 9.80 Å². The predicted molar refractivity (Wildman–Crippen MR) is 114 cm³/mol. The number of amides is 1. The highest BCUT2D eigenvalue weighted by Crippen LogP contribution is 2.39. The number of rotatable bonds is 6. The molecule has 150 valence electrons. The van der Waals surface area contributed by atoms with Gasteiger partial charge in [0.15, 0.2) is 0 Å². The predicted octanol–water partition coefficient (Wildman–Crippen LogP) is 4.07. The molecule has 1 unspecified atom stereocenters. The fourth-order valence-electron chi connectivity index (χ4n) is 4.74. The summed E-state index contributed by atoms with van der Waals surface area (Å²) in [4.78, 5) is 19.6. The summed E-state index contributed by atoms with van der Waals surface area (Å²) < 4.78 is 5.18. The third-order valence-corrected chi connectivity index (χ3v) is 7.23. The van der Waals surface area contributed by atoms with Gasteiger partial charge < -0.3 is 14.5 Å². The second-order valence-corrected chi connectivity index (χ2v) is 9.46. The summed E-state index contributed by atoms with van der Waals surface area (Å²) in [6.45, 7) is 5.81. The Morgan fingerprint density at radius 1 is 1.11 bits per heavy atom. The van der Waals surface area contributed by atoms with E-state index in [0.29, 0.717) is 6.61 Å². The van der Waals surface area contributed by atoms with Crippen LogP contribution in [-0.2, 0) is 17.8 Å². The maximum atomic E-state index is 13.0. The molecule has 2 aromatic rings. The van der Waals surface area contributed by atoms with Gasteiger partial charge in [0.1, 0.15) is 0 Å². The number of hydrogen-bond acceptors (Lipinski definition) is 4.